The SMILES string of the molecule is C=[C-][C@@H]1CC1[C-]=O.[Cs+]. The number of rotatable bonds is 2. The Morgan fingerprint density at radius 1 is 1.50 bits per heavy atom. The summed E-state index contributed by atoms with van der Waals surface area (Å²) >= 11 is 0. The van der Waals surface area contributed by atoms with E-state index in [1.54, 1.807) is 0 Å². The zero-order valence-corrected chi connectivity index (χ0v) is 11.3. The van der Waals surface area contributed by atoms with Crippen LogP contribution in [0.25, 0.3) is 0 Å². The second-order valence-corrected chi connectivity index (χ2v) is 1.77. The number of carbonyl (C=O) groups excluding carboxylic acids is 1. The maximum absolute atomic E-state index is 9.74. The van der Waals surface area contributed by atoms with Crippen LogP contribution in [0, 0.1) is 17.9 Å². The summed E-state index contributed by atoms with van der Waals surface area (Å²) in [5.74, 6) is 0.468. The monoisotopic (exact) mass is 227 g/mol. The Morgan fingerprint density at radius 3 is 2.25 bits per heavy atom. The Kier molecular flexibility index (Phi) is 5.09. The minimum absolute atomic E-state index is 0. The first kappa shape index (κ1) is 9.46. The maximum Gasteiger partial charge on any atom is 1.00 e. The molecule has 1 fully saturated rings. The Bertz CT molecular complexity index is 88.7. The Hall–Kier alpha value is 1.46. The average Bonchev–Trinajstić information content (AvgIpc) is 2.43. The van der Waals surface area contributed by atoms with Gasteiger partial charge in [0.05, 0.1) is 0 Å². The van der Waals surface area contributed by atoms with E-state index in [2.05, 4.69) is 12.7 Å². The number of hydrogen-bond acceptors (Lipinski definition) is 1. The van der Waals surface area contributed by atoms with Gasteiger partial charge in [0.25, 0.3) is 0 Å². The molecule has 0 aromatic carbocycles. The van der Waals surface area contributed by atoms with E-state index < -0.39 is 0 Å². The van der Waals surface area contributed by atoms with Crippen LogP contribution < -0.4 is 68.9 Å². The zero-order valence-electron chi connectivity index (χ0n) is 4.98. The van der Waals surface area contributed by atoms with E-state index >= 15 is 0 Å². The summed E-state index contributed by atoms with van der Waals surface area (Å²) in [6.45, 7) is 3.42. The molecule has 0 radical (unpaired) electrons. The molecule has 2 heteroatoms. The van der Waals surface area contributed by atoms with Gasteiger partial charge in [0, 0.05) is 0 Å². The van der Waals surface area contributed by atoms with Crippen molar-refractivity contribution in [2.24, 2.45) is 11.8 Å². The maximum atomic E-state index is 9.74. The molecule has 0 amide bonds. The molecule has 38 valence electrons. The van der Waals surface area contributed by atoms with Gasteiger partial charge in [-0.05, 0) is 0 Å². The van der Waals surface area contributed by atoms with Gasteiger partial charge in [0.1, 0.15) is 0 Å². The summed E-state index contributed by atoms with van der Waals surface area (Å²) in [5.41, 5.74) is 0. The van der Waals surface area contributed by atoms with Crippen LogP contribution in [0.15, 0.2) is 6.58 Å². The summed E-state index contributed by atoms with van der Waals surface area (Å²) < 4.78 is 0. The molecular formula is C6H6CsO-. The topological polar surface area (TPSA) is 17.1 Å². The largest absolute Gasteiger partial charge is 1.00 e. The van der Waals surface area contributed by atoms with E-state index in [0.29, 0.717) is 5.92 Å². The smallest absolute Gasteiger partial charge is 0.542 e. The van der Waals surface area contributed by atoms with Gasteiger partial charge in [0.15, 0.2) is 0 Å². The third kappa shape index (κ3) is 2.37. The van der Waals surface area contributed by atoms with E-state index in [0.717, 1.165) is 6.42 Å². The van der Waals surface area contributed by atoms with Crippen LogP contribution in [-0.4, -0.2) is 6.29 Å². The standard InChI is InChI=1S/C6H6O.Cs/c1-2-5-3-6(5)4-7;/h5-6H,1,3H2;/q-2;+1/t5-,6?;/m1./s1. The molecule has 0 bridgehead atoms. The first-order chi connectivity index (χ1) is 3.38. The van der Waals surface area contributed by atoms with Crippen LogP contribution >= 0.6 is 0 Å². The molecule has 0 aromatic heterocycles. The van der Waals surface area contributed by atoms with Crippen LogP contribution in [0.4, 0.5) is 0 Å². The van der Waals surface area contributed by atoms with Gasteiger partial charge in [-0.3, -0.25) is 12.9 Å². The molecule has 1 aliphatic carbocycles. The second kappa shape index (κ2) is 4.30. The van der Waals surface area contributed by atoms with Crippen molar-refractivity contribution in [3.05, 3.63) is 12.7 Å². The molecule has 0 heterocycles. The molecule has 0 saturated heterocycles. The quantitative estimate of drug-likeness (QED) is 0.486. The van der Waals surface area contributed by atoms with Gasteiger partial charge in [0.2, 0.25) is 0 Å². The van der Waals surface area contributed by atoms with Gasteiger partial charge < -0.3 is 10.9 Å². The molecule has 2 atom stereocenters. The summed E-state index contributed by atoms with van der Waals surface area (Å²) in [7, 11) is 0. The summed E-state index contributed by atoms with van der Waals surface area (Å²) in [6.07, 6.45) is 5.54. The molecule has 1 rings (SSSR count). The first-order valence-electron chi connectivity index (χ1n) is 2.28. The van der Waals surface area contributed by atoms with Crippen molar-refractivity contribution in [2.45, 2.75) is 6.42 Å². The Balaban J connectivity index is 0.000000490. The summed E-state index contributed by atoms with van der Waals surface area (Å²) in [4.78, 5) is 9.74. The van der Waals surface area contributed by atoms with E-state index in [1.807, 2.05) is 6.29 Å². The molecule has 0 aliphatic heterocycles. The van der Waals surface area contributed by atoms with Crippen molar-refractivity contribution in [3.63, 3.8) is 0 Å². The van der Waals surface area contributed by atoms with E-state index in [9.17, 15) is 4.79 Å². The Labute approximate surface area is 108 Å². The molecule has 0 spiro atoms. The van der Waals surface area contributed by atoms with Crippen molar-refractivity contribution in [1.29, 1.82) is 0 Å². The fourth-order valence-electron chi connectivity index (χ4n) is 0.551. The predicted octanol–water partition coefficient (Wildman–Crippen LogP) is -2.27. The van der Waals surface area contributed by atoms with Crippen molar-refractivity contribution >= 4 is 6.29 Å². The molecule has 1 saturated carbocycles. The number of allylic oxidation sites excluding steroid dienone is 1. The van der Waals surface area contributed by atoms with Gasteiger partial charge in [-0.2, -0.15) is 11.8 Å². The molecular weight excluding hydrogens is 221 g/mol. The molecule has 1 nitrogen and oxygen atoms in total. The third-order valence-corrected chi connectivity index (χ3v) is 1.20. The average molecular weight is 227 g/mol. The van der Waals surface area contributed by atoms with E-state index in [1.165, 1.54) is 0 Å². The Morgan fingerprint density at radius 2 is 2.12 bits per heavy atom. The van der Waals surface area contributed by atoms with Crippen LogP contribution in [-0.2, 0) is 4.79 Å². The van der Waals surface area contributed by atoms with E-state index in [-0.39, 0.29) is 74.8 Å². The van der Waals surface area contributed by atoms with Gasteiger partial charge >= 0.3 is 68.9 Å². The fourth-order valence-corrected chi connectivity index (χ4v) is 0.551. The van der Waals surface area contributed by atoms with Crippen molar-refractivity contribution in [2.75, 3.05) is 0 Å². The first-order valence-corrected chi connectivity index (χ1v) is 2.28. The van der Waals surface area contributed by atoms with Gasteiger partial charge in [-0.1, -0.05) is 0 Å². The van der Waals surface area contributed by atoms with Crippen LogP contribution in [0.5, 0.6) is 0 Å². The van der Waals surface area contributed by atoms with Crippen molar-refractivity contribution in [3.8, 4) is 0 Å². The van der Waals surface area contributed by atoms with Crippen LogP contribution in [0.1, 0.15) is 6.42 Å². The zero-order chi connectivity index (χ0) is 5.28. The predicted molar refractivity (Wildman–Crippen MR) is 26.2 cm³/mol. The molecule has 8 heavy (non-hydrogen) atoms. The minimum Gasteiger partial charge on any atom is -0.542 e. The summed E-state index contributed by atoms with van der Waals surface area (Å²) in [6, 6.07) is 0. The van der Waals surface area contributed by atoms with Gasteiger partial charge in [-0.15, -0.1) is 6.42 Å². The summed E-state index contributed by atoms with van der Waals surface area (Å²) in [5, 5.41) is 0. The number of hydrogen-bond donors (Lipinski definition) is 0. The second-order valence-electron chi connectivity index (χ2n) is 1.77. The van der Waals surface area contributed by atoms with Crippen LogP contribution in [0.3, 0.4) is 0 Å². The fraction of sp³-hybridized carbons (Fsp3) is 0.500. The molecule has 1 aliphatic rings. The third-order valence-electron chi connectivity index (χ3n) is 1.20. The van der Waals surface area contributed by atoms with E-state index in [4.69, 9.17) is 0 Å². The van der Waals surface area contributed by atoms with Crippen molar-refractivity contribution < 1.29 is 73.7 Å². The molecule has 1 unspecified atom stereocenters. The minimum atomic E-state index is 0. The molecule has 0 aromatic rings. The normalized spacial score (nSPS) is 32.5. The van der Waals surface area contributed by atoms with Crippen molar-refractivity contribution in [1.82, 2.24) is 0 Å². The van der Waals surface area contributed by atoms with Gasteiger partial charge in [-0.25, -0.2) is 0 Å². The van der Waals surface area contributed by atoms with Crippen LogP contribution in [0.2, 0.25) is 0 Å². The molecule has 0 N–H and O–H groups in total.